The Labute approximate surface area is 170 Å². The normalized spacial score (nSPS) is 26.6. The number of fused-ring (bicyclic) bond motifs is 1. The summed E-state index contributed by atoms with van der Waals surface area (Å²) in [6.45, 7) is -0.642. The highest BCUT2D eigenvalue weighted by Gasteiger charge is 2.45. The van der Waals surface area contributed by atoms with Crippen LogP contribution in [0.15, 0.2) is 57.7 Å². The fraction of sp³-hybridized carbons (Fsp3) is 0.286. The summed E-state index contributed by atoms with van der Waals surface area (Å²) in [5, 5.41) is 49.4. The quantitative estimate of drug-likeness (QED) is 0.406. The topological polar surface area (TPSA) is 150 Å². The van der Waals surface area contributed by atoms with Crippen LogP contribution in [-0.4, -0.2) is 62.8 Å². The van der Waals surface area contributed by atoms with Crippen molar-refractivity contribution >= 4 is 11.0 Å². The summed E-state index contributed by atoms with van der Waals surface area (Å²) in [5.74, 6) is -0.416. The Morgan fingerprint density at radius 1 is 0.967 bits per heavy atom. The van der Waals surface area contributed by atoms with Gasteiger partial charge in [0.25, 0.3) is 0 Å². The largest absolute Gasteiger partial charge is 0.508 e. The summed E-state index contributed by atoms with van der Waals surface area (Å²) in [7, 11) is 0. The molecule has 30 heavy (non-hydrogen) atoms. The molecule has 9 nitrogen and oxygen atoms in total. The summed E-state index contributed by atoms with van der Waals surface area (Å²) in [6.07, 6.45) is -7.71. The second-order valence-corrected chi connectivity index (χ2v) is 6.95. The van der Waals surface area contributed by atoms with Gasteiger partial charge in [-0.25, -0.2) is 0 Å². The number of aliphatic hydroxyl groups excluding tert-OH is 4. The van der Waals surface area contributed by atoms with E-state index < -0.39 is 42.7 Å². The predicted molar refractivity (Wildman–Crippen MR) is 104 cm³/mol. The van der Waals surface area contributed by atoms with E-state index in [1.165, 1.54) is 18.2 Å². The van der Waals surface area contributed by atoms with Gasteiger partial charge in [-0.05, 0) is 18.2 Å². The van der Waals surface area contributed by atoms with Gasteiger partial charge in [-0.1, -0.05) is 30.3 Å². The number of rotatable bonds is 4. The number of aromatic hydroxyl groups is 1. The minimum atomic E-state index is -1.70. The van der Waals surface area contributed by atoms with Crippen molar-refractivity contribution in [3.05, 3.63) is 58.8 Å². The fourth-order valence-corrected chi connectivity index (χ4v) is 3.33. The van der Waals surface area contributed by atoms with Crippen LogP contribution in [0, 0.1) is 0 Å². The highest BCUT2D eigenvalue weighted by atomic mass is 16.7. The Morgan fingerprint density at radius 2 is 1.70 bits per heavy atom. The molecule has 0 spiro atoms. The first kappa shape index (κ1) is 20.3. The van der Waals surface area contributed by atoms with Crippen molar-refractivity contribution in [2.75, 3.05) is 6.61 Å². The van der Waals surface area contributed by atoms with Crippen LogP contribution >= 0.6 is 0 Å². The Hall–Kier alpha value is -2.95. The summed E-state index contributed by atoms with van der Waals surface area (Å²) in [5.41, 5.74) is 0.0740. The van der Waals surface area contributed by atoms with Gasteiger partial charge in [-0.3, -0.25) is 4.79 Å². The molecule has 1 aliphatic rings. The average Bonchev–Trinajstić information content (AvgIpc) is 2.76. The van der Waals surface area contributed by atoms with E-state index in [-0.39, 0.29) is 28.2 Å². The molecule has 3 aromatic rings. The standard InChI is InChI=1S/C21H20O9/c22-9-14-16(25)17(26)18(27)21(29-14)30-20-15(24)12-8-11(23)6-7-13(12)28-19(20)10-4-2-1-3-5-10/h1-8,14,16-18,21-23,25-27H,9H2/t14-,16-,17+,18-,21+/m1/s1. The fourth-order valence-electron chi connectivity index (χ4n) is 3.33. The number of hydrogen-bond acceptors (Lipinski definition) is 9. The van der Waals surface area contributed by atoms with E-state index in [0.717, 1.165) is 0 Å². The lowest BCUT2D eigenvalue weighted by atomic mass is 9.99. The van der Waals surface area contributed by atoms with Crippen molar-refractivity contribution in [1.29, 1.82) is 0 Å². The minimum absolute atomic E-state index is 0.0364. The number of hydrogen-bond donors (Lipinski definition) is 5. The van der Waals surface area contributed by atoms with Gasteiger partial charge in [-0.15, -0.1) is 0 Å². The highest BCUT2D eigenvalue weighted by Crippen LogP contribution is 2.34. The second kappa shape index (κ2) is 8.05. The van der Waals surface area contributed by atoms with Gasteiger partial charge >= 0.3 is 0 Å². The zero-order valence-electron chi connectivity index (χ0n) is 15.6. The third-order valence-electron chi connectivity index (χ3n) is 4.95. The van der Waals surface area contributed by atoms with Gasteiger partial charge in [-0.2, -0.15) is 0 Å². The molecule has 158 valence electrons. The van der Waals surface area contributed by atoms with E-state index in [9.17, 15) is 30.3 Å². The molecule has 9 heteroatoms. The summed E-state index contributed by atoms with van der Waals surface area (Å²) in [4.78, 5) is 13.2. The Morgan fingerprint density at radius 3 is 2.40 bits per heavy atom. The van der Waals surface area contributed by atoms with Crippen LogP contribution in [-0.2, 0) is 4.74 Å². The molecule has 0 radical (unpaired) electrons. The molecule has 0 saturated carbocycles. The third kappa shape index (κ3) is 3.53. The molecule has 4 rings (SSSR count). The molecule has 2 heterocycles. The Kier molecular flexibility index (Phi) is 5.46. The number of benzene rings is 2. The second-order valence-electron chi connectivity index (χ2n) is 6.95. The van der Waals surface area contributed by atoms with Crippen LogP contribution in [0.25, 0.3) is 22.3 Å². The SMILES string of the molecule is O=c1c(O[C@@H]2O[C@H](CO)[C@@H](O)[C@H](O)[C@H]2O)c(-c2ccccc2)oc2ccc(O)cc12. The molecule has 0 amide bonds. The minimum Gasteiger partial charge on any atom is -0.508 e. The number of ether oxygens (including phenoxy) is 2. The lowest BCUT2D eigenvalue weighted by Crippen LogP contribution is -2.60. The van der Waals surface area contributed by atoms with Gasteiger partial charge in [0.15, 0.2) is 5.76 Å². The van der Waals surface area contributed by atoms with E-state index in [0.29, 0.717) is 5.56 Å². The monoisotopic (exact) mass is 416 g/mol. The van der Waals surface area contributed by atoms with Crippen molar-refractivity contribution < 1.29 is 39.4 Å². The van der Waals surface area contributed by atoms with Crippen molar-refractivity contribution in [2.45, 2.75) is 30.7 Å². The maximum Gasteiger partial charge on any atom is 0.235 e. The van der Waals surface area contributed by atoms with Crippen molar-refractivity contribution in [3.8, 4) is 22.8 Å². The van der Waals surface area contributed by atoms with Gasteiger partial charge in [0.05, 0.1) is 12.0 Å². The first-order chi connectivity index (χ1) is 14.4. The van der Waals surface area contributed by atoms with Crippen LogP contribution in [0.2, 0.25) is 0 Å². The zero-order chi connectivity index (χ0) is 21.4. The molecule has 1 saturated heterocycles. The van der Waals surface area contributed by atoms with E-state index in [4.69, 9.17) is 13.9 Å². The van der Waals surface area contributed by atoms with Crippen LogP contribution < -0.4 is 10.2 Å². The first-order valence-electron chi connectivity index (χ1n) is 9.23. The lowest BCUT2D eigenvalue weighted by Gasteiger charge is -2.39. The lowest BCUT2D eigenvalue weighted by molar-refractivity contribution is -0.277. The van der Waals surface area contributed by atoms with E-state index >= 15 is 0 Å². The maximum absolute atomic E-state index is 13.2. The van der Waals surface area contributed by atoms with Gasteiger partial charge in [0.2, 0.25) is 17.5 Å². The molecule has 5 atom stereocenters. The molecular weight excluding hydrogens is 396 g/mol. The average molecular weight is 416 g/mol. The molecule has 0 aliphatic carbocycles. The molecule has 1 aromatic heterocycles. The van der Waals surface area contributed by atoms with Crippen molar-refractivity contribution in [1.82, 2.24) is 0 Å². The Balaban J connectivity index is 1.84. The van der Waals surface area contributed by atoms with E-state index in [1.54, 1.807) is 30.3 Å². The maximum atomic E-state index is 13.2. The molecule has 0 bridgehead atoms. The third-order valence-corrected chi connectivity index (χ3v) is 4.95. The van der Waals surface area contributed by atoms with Crippen molar-refractivity contribution in [2.24, 2.45) is 0 Å². The van der Waals surface area contributed by atoms with Crippen LogP contribution in [0.4, 0.5) is 0 Å². The van der Waals surface area contributed by atoms with E-state index in [1.807, 2.05) is 0 Å². The summed E-state index contributed by atoms with van der Waals surface area (Å²) < 4.78 is 16.9. The van der Waals surface area contributed by atoms with Crippen molar-refractivity contribution in [3.63, 3.8) is 0 Å². The number of aliphatic hydroxyl groups is 4. The summed E-state index contributed by atoms with van der Waals surface area (Å²) in [6, 6.07) is 12.6. The van der Waals surface area contributed by atoms with Crippen LogP contribution in [0.1, 0.15) is 0 Å². The zero-order valence-corrected chi connectivity index (χ0v) is 15.6. The number of phenols is 1. The Bertz CT molecular complexity index is 1090. The molecule has 1 aliphatic heterocycles. The molecule has 1 fully saturated rings. The van der Waals surface area contributed by atoms with Crippen LogP contribution in [0.5, 0.6) is 11.5 Å². The molecule has 0 unspecified atom stereocenters. The van der Waals surface area contributed by atoms with Gasteiger partial charge in [0.1, 0.15) is 35.7 Å². The number of phenolic OH excluding ortho intramolecular Hbond substituents is 1. The highest BCUT2D eigenvalue weighted by molar-refractivity contribution is 5.83. The first-order valence-corrected chi connectivity index (χ1v) is 9.23. The van der Waals surface area contributed by atoms with Gasteiger partial charge in [0, 0.05) is 5.56 Å². The molecule has 2 aromatic carbocycles. The molecular formula is C21H20O9. The summed E-state index contributed by atoms with van der Waals surface area (Å²) >= 11 is 0. The van der Waals surface area contributed by atoms with E-state index in [2.05, 4.69) is 0 Å². The molecule has 5 N–H and O–H groups in total. The van der Waals surface area contributed by atoms with Gasteiger partial charge < -0.3 is 39.4 Å². The van der Waals surface area contributed by atoms with Crippen LogP contribution in [0.3, 0.4) is 0 Å². The predicted octanol–water partition coefficient (Wildman–Crippen LogP) is 0.344. The smallest absolute Gasteiger partial charge is 0.235 e.